The minimum atomic E-state index is -5.03. The highest BCUT2D eigenvalue weighted by molar-refractivity contribution is 5.90. The molecule has 0 aliphatic rings. The molecule has 9 heteroatoms. The zero-order valence-corrected chi connectivity index (χ0v) is 17.2. The third-order valence-corrected chi connectivity index (χ3v) is 5.24. The monoisotopic (exact) mass is 439 g/mol. The summed E-state index contributed by atoms with van der Waals surface area (Å²) in [7, 11) is 0. The van der Waals surface area contributed by atoms with Crippen molar-refractivity contribution in [3.8, 4) is 0 Å². The first-order chi connectivity index (χ1) is 14.3. The molecule has 166 valence electrons. The molecule has 0 spiro atoms. The number of hydrogen-bond donors (Lipinski definition) is 2. The van der Waals surface area contributed by atoms with Gasteiger partial charge < -0.3 is 10.4 Å². The second-order valence-corrected chi connectivity index (χ2v) is 8.22. The highest BCUT2D eigenvalue weighted by Crippen LogP contribution is 2.42. The summed E-state index contributed by atoms with van der Waals surface area (Å²) in [5, 5.41) is 13.8. The number of anilines is 1. The fourth-order valence-corrected chi connectivity index (χ4v) is 3.65. The molecule has 1 aromatic heterocycles. The lowest BCUT2D eigenvalue weighted by molar-refractivity contribution is -0.260. The van der Waals surface area contributed by atoms with E-state index in [2.05, 4.69) is 15.3 Å². The number of nitrogens with one attached hydrogen (secondary N) is 1. The summed E-state index contributed by atoms with van der Waals surface area (Å²) in [6.07, 6.45) is -4.44. The van der Waals surface area contributed by atoms with Crippen LogP contribution in [0.1, 0.15) is 31.7 Å². The molecule has 3 aromatic rings. The standard InChI is InChI=1S/C22H22F5N3O/c1-13-28-10-15-18(5-4-6-19(15)30-13)29-12-21(31,22(25,26)27)11-20(2,3)16-9-14(23)7-8-17(16)24/h4-10,29,31H,11-12H2,1-3H3. The number of halogens is 5. The molecule has 0 saturated carbocycles. The number of aliphatic hydroxyl groups is 1. The van der Waals surface area contributed by atoms with E-state index in [1.54, 1.807) is 25.1 Å². The maximum absolute atomic E-state index is 14.2. The number of aromatic nitrogens is 2. The van der Waals surface area contributed by atoms with Crippen molar-refractivity contribution >= 4 is 16.6 Å². The van der Waals surface area contributed by atoms with Crippen LogP contribution in [0.5, 0.6) is 0 Å². The molecule has 0 fully saturated rings. The van der Waals surface area contributed by atoms with Crippen LogP contribution in [0.25, 0.3) is 10.9 Å². The highest BCUT2D eigenvalue weighted by atomic mass is 19.4. The second-order valence-electron chi connectivity index (χ2n) is 8.22. The van der Waals surface area contributed by atoms with Gasteiger partial charge in [0.05, 0.1) is 12.1 Å². The normalized spacial score (nSPS) is 14.5. The van der Waals surface area contributed by atoms with E-state index < -0.39 is 41.8 Å². The molecule has 0 aliphatic carbocycles. The van der Waals surface area contributed by atoms with E-state index in [0.717, 1.165) is 18.2 Å². The van der Waals surface area contributed by atoms with Gasteiger partial charge in [0.25, 0.3) is 0 Å². The third kappa shape index (κ3) is 4.76. The number of hydrogen-bond acceptors (Lipinski definition) is 4. The lowest BCUT2D eigenvalue weighted by atomic mass is 9.74. The van der Waals surface area contributed by atoms with Crippen molar-refractivity contribution in [2.75, 3.05) is 11.9 Å². The molecule has 4 nitrogen and oxygen atoms in total. The molecular formula is C22H22F5N3O. The Kier molecular flexibility index (Phi) is 5.92. The van der Waals surface area contributed by atoms with Crippen molar-refractivity contribution < 1.29 is 27.1 Å². The van der Waals surface area contributed by atoms with Gasteiger partial charge >= 0.3 is 6.18 Å². The first-order valence-corrected chi connectivity index (χ1v) is 9.53. The van der Waals surface area contributed by atoms with E-state index in [9.17, 15) is 27.1 Å². The molecule has 0 amide bonds. The van der Waals surface area contributed by atoms with Gasteiger partial charge in [-0.05, 0) is 54.7 Å². The summed E-state index contributed by atoms with van der Waals surface area (Å²) in [6.45, 7) is 3.45. The Labute approximate surface area is 176 Å². The van der Waals surface area contributed by atoms with Gasteiger partial charge in [0.1, 0.15) is 17.5 Å². The predicted molar refractivity (Wildman–Crippen MR) is 108 cm³/mol. The lowest BCUT2D eigenvalue weighted by Crippen LogP contribution is -2.53. The number of fused-ring (bicyclic) bond motifs is 1. The van der Waals surface area contributed by atoms with Gasteiger partial charge in [-0.1, -0.05) is 19.9 Å². The summed E-state index contributed by atoms with van der Waals surface area (Å²) in [5.74, 6) is -1.11. The first kappa shape index (κ1) is 22.9. The van der Waals surface area contributed by atoms with Crippen LogP contribution < -0.4 is 5.32 Å². The largest absolute Gasteiger partial charge is 0.418 e. The number of benzene rings is 2. The number of rotatable bonds is 6. The zero-order valence-electron chi connectivity index (χ0n) is 17.2. The lowest BCUT2D eigenvalue weighted by Gasteiger charge is -2.38. The maximum atomic E-state index is 14.2. The molecule has 2 aromatic carbocycles. The molecule has 1 atom stereocenters. The van der Waals surface area contributed by atoms with Crippen molar-refractivity contribution in [1.82, 2.24) is 9.97 Å². The van der Waals surface area contributed by atoms with Crippen LogP contribution in [0.15, 0.2) is 42.6 Å². The summed E-state index contributed by atoms with van der Waals surface area (Å²) in [6, 6.07) is 7.46. The molecule has 0 saturated heterocycles. The van der Waals surface area contributed by atoms with Crippen LogP contribution in [0.3, 0.4) is 0 Å². The maximum Gasteiger partial charge on any atom is 0.418 e. The minimum Gasteiger partial charge on any atom is -0.381 e. The second kappa shape index (κ2) is 8.03. The van der Waals surface area contributed by atoms with Gasteiger partial charge in [0.2, 0.25) is 0 Å². The number of aryl methyl sites for hydroxylation is 1. The Bertz CT molecular complexity index is 1100. The van der Waals surface area contributed by atoms with Crippen molar-refractivity contribution in [3.05, 3.63) is 65.6 Å². The molecule has 1 unspecified atom stereocenters. The zero-order chi connectivity index (χ0) is 23.0. The highest BCUT2D eigenvalue weighted by Gasteiger charge is 2.56. The van der Waals surface area contributed by atoms with Crippen LogP contribution in [-0.2, 0) is 5.41 Å². The number of nitrogens with zero attached hydrogens (tertiary/aromatic N) is 2. The molecular weight excluding hydrogens is 417 g/mol. The quantitative estimate of drug-likeness (QED) is 0.513. The summed E-state index contributed by atoms with van der Waals surface area (Å²) in [5.41, 5.74) is -4.13. The van der Waals surface area contributed by atoms with Gasteiger partial charge in [0, 0.05) is 17.3 Å². The van der Waals surface area contributed by atoms with Crippen molar-refractivity contribution in [3.63, 3.8) is 0 Å². The van der Waals surface area contributed by atoms with Crippen LogP contribution >= 0.6 is 0 Å². The van der Waals surface area contributed by atoms with E-state index in [4.69, 9.17) is 0 Å². The van der Waals surface area contributed by atoms with E-state index in [1.807, 2.05) is 0 Å². The Morgan fingerprint density at radius 3 is 2.45 bits per heavy atom. The molecule has 31 heavy (non-hydrogen) atoms. The van der Waals surface area contributed by atoms with Gasteiger partial charge in [-0.3, -0.25) is 0 Å². The molecule has 0 aliphatic heterocycles. The Hall–Kier alpha value is -2.81. The fourth-order valence-electron chi connectivity index (χ4n) is 3.65. The molecule has 3 rings (SSSR count). The van der Waals surface area contributed by atoms with Gasteiger partial charge in [0.15, 0.2) is 5.60 Å². The molecule has 0 bridgehead atoms. The molecule has 0 radical (unpaired) electrons. The van der Waals surface area contributed by atoms with Crippen LogP contribution in [0.4, 0.5) is 27.6 Å². The van der Waals surface area contributed by atoms with Crippen molar-refractivity contribution in [2.45, 2.75) is 44.4 Å². The smallest absolute Gasteiger partial charge is 0.381 e. The number of alkyl halides is 3. The summed E-state index contributed by atoms with van der Waals surface area (Å²) in [4.78, 5) is 8.30. The van der Waals surface area contributed by atoms with E-state index in [1.165, 1.54) is 20.0 Å². The van der Waals surface area contributed by atoms with Crippen molar-refractivity contribution in [2.24, 2.45) is 0 Å². The Morgan fingerprint density at radius 1 is 1.06 bits per heavy atom. The van der Waals surface area contributed by atoms with Crippen LogP contribution in [-0.4, -0.2) is 33.4 Å². The van der Waals surface area contributed by atoms with Crippen LogP contribution in [0.2, 0.25) is 0 Å². The Morgan fingerprint density at radius 2 is 1.77 bits per heavy atom. The fraction of sp³-hybridized carbons (Fsp3) is 0.364. The van der Waals surface area contributed by atoms with Gasteiger partial charge in [-0.2, -0.15) is 13.2 Å². The van der Waals surface area contributed by atoms with Gasteiger partial charge in [-0.25, -0.2) is 18.7 Å². The minimum absolute atomic E-state index is 0.246. The predicted octanol–water partition coefficient (Wildman–Crippen LogP) is 5.29. The summed E-state index contributed by atoms with van der Waals surface area (Å²) < 4.78 is 69.6. The van der Waals surface area contributed by atoms with Crippen molar-refractivity contribution in [1.29, 1.82) is 0 Å². The van der Waals surface area contributed by atoms with E-state index >= 15 is 0 Å². The van der Waals surface area contributed by atoms with E-state index in [0.29, 0.717) is 22.4 Å². The average molecular weight is 439 g/mol. The topological polar surface area (TPSA) is 58.0 Å². The molecule has 1 heterocycles. The van der Waals surface area contributed by atoms with E-state index in [-0.39, 0.29) is 5.56 Å². The average Bonchev–Trinajstić information content (AvgIpc) is 2.66. The van der Waals surface area contributed by atoms with Gasteiger partial charge in [-0.15, -0.1) is 0 Å². The summed E-state index contributed by atoms with van der Waals surface area (Å²) >= 11 is 0. The first-order valence-electron chi connectivity index (χ1n) is 9.53. The molecule has 2 N–H and O–H groups in total. The SMILES string of the molecule is Cc1ncc2c(NCC(O)(CC(C)(C)c3cc(F)ccc3F)C(F)(F)F)cccc2n1. The van der Waals surface area contributed by atoms with Crippen LogP contribution in [0, 0.1) is 18.6 Å². The Balaban J connectivity index is 1.92. The third-order valence-electron chi connectivity index (χ3n) is 5.24.